The van der Waals surface area contributed by atoms with E-state index < -0.39 is 0 Å². The van der Waals surface area contributed by atoms with E-state index >= 15 is 0 Å². The molecule has 0 radical (unpaired) electrons. The maximum atomic E-state index is 12.4. The number of para-hydroxylation sites is 1. The molecular formula is C20H20N2O4S. The quantitative estimate of drug-likeness (QED) is 0.672. The van der Waals surface area contributed by atoms with Crippen molar-refractivity contribution in [2.24, 2.45) is 0 Å². The third-order valence-corrected chi connectivity index (χ3v) is 4.86. The van der Waals surface area contributed by atoms with Gasteiger partial charge in [-0.25, -0.2) is 4.98 Å². The molecule has 0 bridgehead atoms. The van der Waals surface area contributed by atoms with Gasteiger partial charge in [-0.3, -0.25) is 4.79 Å². The molecule has 6 nitrogen and oxygen atoms in total. The summed E-state index contributed by atoms with van der Waals surface area (Å²) in [7, 11) is 4.78. The van der Waals surface area contributed by atoms with Gasteiger partial charge in [-0.15, -0.1) is 11.3 Å². The van der Waals surface area contributed by atoms with Crippen LogP contribution in [-0.2, 0) is 6.54 Å². The SMILES string of the molecule is COc1ccc(CNC(=O)c2csc(-c3cccc(OC)c3OC)n2)cc1. The average molecular weight is 384 g/mol. The Balaban J connectivity index is 1.72. The molecule has 1 amide bonds. The molecule has 0 spiro atoms. The number of carbonyl (C=O) groups is 1. The molecule has 0 saturated carbocycles. The van der Waals surface area contributed by atoms with Gasteiger partial charge in [0.25, 0.3) is 5.91 Å². The number of benzene rings is 2. The molecular weight excluding hydrogens is 364 g/mol. The number of nitrogens with one attached hydrogen (secondary N) is 1. The number of hydrogen-bond donors (Lipinski definition) is 1. The maximum absolute atomic E-state index is 12.4. The van der Waals surface area contributed by atoms with E-state index in [-0.39, 0.29) is 5.91 Å². The second-order valence-corrected chi connectivity index (χ2v) is 6.47. The zero-order valence-electron chi connectivity index (χ0n) is 15.3. The van der Waals surface area contributed by atoms with Crippen LogP contribution in [0.1, 0.15) is 16.1 Å². The van der Waals surface area contributed by atoms with Crippen molar-refractivity contribution in [3.05, 3.63) is 59.1 Å². The maximum Gasteiger partial charge on any atom is 0.271 e. The largest absolute Gasteiger partial charge is 0.497 e. The third kappa shape index (κ3) is 4.20. The van der Waals surface area contributed by atoms with Gasteiger partial charge >= 0.3 is 0 Å². The van der Waals surface area contributed by atoms with Crippen molar-refractivity contribution in [2.45, 2.75) is 6.54 Å². The van der Waals surface area contributed by atoms with Crippen molar-refractivity contribution in [3.8, 4) is 27.8 Å². The van der Waals surface area contributed by atoms with Crippen molar-refractivity contribution in [3.63, 3.8) is 0 Å². The average Bonchev–Trinajstić information content (AvgIpc) is 3.21. The molecule has 2 aromatic carbocycles. The van der Waals surface area contributed by atoms with Crippen LogP contribution in [0.4, 0.5) is 0 Å². The standard InChI is InChI=1S/C20H20N2O4S/c1-24-14-9-7-13(8-10-14)11-21-19(23)16-12-27-20(22-16)15-5-4-6-17(25-2)18(15)26-3/h4-10,12H,11H2,1-3H3,(H,21,23). The summed E-state index contributed by atoms with van der Waals surface area (Å²) >= 11 is 1.38. The van der Waals surface area contributed by atoms with Crippen LogP contribution in [0.25, 0.3) is 10.6 Å². The van der Waals surface area contributed by atoms with Crippen LogP contribution < -0.4 is 19.5 Å². The van der Waals surface area contributed by atoms with Crippen LogP contribution in [0.3, 0.4) is 0 Å². The van der Waals surface area contributed by atoms with Gasteiger partial charge < -0.3 is 19.5 Å². The summed E-state index contributed by atoms with van der Waals surface area (Å²) in [6.07, 6.45) is 0. The number of hydrogen-bond acceptors (Lipinski definition) is 6. The highest BCUT2D eigenvalue weighted by Crippen LogP contribution is 2.38. The molecule has 0 atom stereocenters. The van der Waals surface area contributed by atoms with E-state index in [9.17, 15) is 4.79 Å². The third-order valence-electron chi connectivity index (χ3n) is 3.98. The summed E-state index contributed by atoms with van der Waals surface area (Å²) in [5.74, 6) is 1.77. The lowest BCUT2D eigenvalue weighted by atomic mass is 10.2. The van der Waals surface area contributed by atoms with Gasteiger partial charge in [-0.1, -0.05) is 18.2 Å². The number of nitrogens with zero attached hydrogens (tertiary/aromatic N) is 1. The number of rotatable bonds is 7. The van der Waals surface area contributed by atoms with Gasteiger partial charge in [0, 0.05) is 11.9 Å². The van der Waals surface area contributed by atoms with Gasteiger partial charge in [-0.05, 0) is 29.8 Å². The molecule has 0 aliphatic rings. The highest BCUT2D eigenvalue weighted by molar-refractivity contribution is 7.13. The molecule has 0 aliphatic heterocycles. The van der Waals surface area contributed by atoms with Crippen LogP contribution in [-0.4, -0.2) is 32.2 Å². The summed E-state index contributed by atoms with van der Waals surface area (Å²) in [6.45, 7) is 0.415. The van der Waals surface area contributed by atoms with Crippen LogP contribution in [0.5, 0.6) is 17.2 Å². The molecule has 7 heteroatoms. The summed E-state index contributed by atoms with van der Waals surface area (Å²) < 4.78 is 15.9. The summed E-state index contributed by atoms with van der Waals surface area (Å²) in [6, 6.07) is 13.1. The predicted octanol–water partition coefficient (Wildman–Crippen LogP) is 3.77. The van der Waals surface area contributed by atoms with Gasteiger partial charge in [0.05, 0.1) is 26.9 Å². The first kappa shape index (κ1) is 18.7. The highest BCUT2D eigenvalue weighted by Gasteiger charge is 2.17. The van der Waals surface area contributed by atoms with Gasteiger partial charge in [0.2, 0.25) is 0 Å². The lowest BCUT2D eigenvalue weighted by Crippen LogP contribution is -2.23. The lowest BCUT2D eigenvalue weighted by molar-refractivity contribution is 0.0946. The Bertz CT molecular complexity index is 922. The van der Waals surface area contributed by atoms with E-state index in [2.05, 4.69) is 10.3 Å². The van der Waals surface area contributed by atoms with Crippen LogP contribution in [0.2, 0.25) is 0 Å². The lowest BCUT2D eigenvalue weighted by Gasteiger charge is -2.10. The van der Waals surface area contributed by atoms with E-state index in [1.165, 1.54) is 11.3 Å². The Morgan fingerprint density at radius 2 is 1.81 bits per heavy atom. The molecule has 140 valence electrons. The van der Waals surface area contributed by atoms with Crippen LogP contribution >= 0.6 is 11.3 Å². The molecule has 3 rings (SSSR count). The first-order valence-electron chi connectivity index (χ1n) is 8.24. The number of carbonyl (C=O) groups excluding carboxylic acids is 1. The van der Waals surface area contributed by atoms with E-state index in [0.717, 1.165) is 16.9 Å². The molecule has 27 heavy (non-hydrogen) atoms. The fourth-order valence-electron chi connectivity index (χ4n) is 2.57. The first-order valence-corrected chi connectivity index (χ1v) is 9.12. The zero-order valence-corrected chi connectivity index (χ0v) is 16.1. The Morgan fingerprint density at radius 3 is 2.48 bits per heavy atom. The Morgan fingerprint density at radius 1 is 1.04 bits per heavy atom. The molecule has 1 aromatic heterocycles. The van der Waals surface area contributed by atoms with Crippen molar-refractivity contribution >= 4 is 17.2 Å². The minimum atomic E-state index is -0.227. The topological polar surface area (TPSA) is 69.7 Å². The van der Waals surface area contributed by atoms with Crippen LogP contribution in [0, 0.1) is 0 Å². The zero-order chi connectivity index (χ0) is 19.2. The molecule has 0 aliphatic carbocycles. The van der Waals surface area contributed by atoms with E-state index in [4.69, 9.17) is 14.2 Å². The fourth-order valence-corrected chi connectivity index (χ4v) is 3.40. The van der Waals surface area contributed by atoms with Crippen LogP contribution in [0.15, 0.2) is 47.8 Å². The monoisotopic (exact) mass is 384 g/mol. The fraction of sp³-hybridized carbons (Fsp3) is 0.200. The second kappa shape index (κ2) is 8.55. The van der Waals surface area contributed by atoms with E-state index in [1.807, 2.05) is 42.5 Å². The minimum absolute atomic E-state index is 0.227. The first-order chi connectivity index (χ1) is 13.2. The van der Waals surface area contributed by atoms with E-state index in [0.29, 0.717) is 28.7 Å². The molecule has 1 N–H and O–H groups in total. The molecule has 0 unspecified atom stereocenters. The van der Waals surface area contributed by atoms with Gasteiger partial charge in [0.15, 0.2) is 11.5 Å². The number of methoxy groups -OCH3 is 3. The van der Waals surface area contributed by atoms with Crippen molar-refractivity contribution < 1.29 is 19.0 Å². The minimum Gasteiger partial charge on any atom is -0.497 e. The molecule has 0 saturated heterocycles. The van der Waals surface area contributed by atoms with E-state index in [1.54, 1.807) is 26.7 Å². The number of aromatic nitrogens is 1. The Labute approximate surface area is 161 Å². The number of amides is 1. The normalized spacial score (nSPS) is 10.3. The Kier molecular flexibility index (Phi) is 5.93. The van der Waals surface area contributed by atoms with Gasteiger partial charge in [-0.2, -0.15) is 0 Å². The van der Waals surface area contributed by atoms with Crippen molar-refractivity contribution in [2.75, 3.05) is 21.3 Å². The smallest absolute Gasteiger partial charge is 0.271 e. The Hall–Kier alpha value is -3.06. The highest BCUT2D eigenvalue weighted by atomic mass is 32.1. The summed E-state index contributed by atoms with van der Waals surface area (Å²) in [4.78, 5) is 16.9. The molecule has 0 fully saturated rings. The number of thiazole rings is 1. The molecule has 1 heterocycles. The number of ether oxygens (including phenoxy) is 3. The summed E-state index contributed by atoms with van der Waals surface area (Å²) in [5, 5.41) is 5.31. The van der Waals surface area contributed by atoms with Gasteiger partial charge in [0.1, 0.15) is 16.5 Å². The van der Waals surface area contributed by atoms with Crippen molar-refractivity contribution in [1.82, 2.24) is 10.3 Å². The second-order valence-electron chi connectivity index (χ2n) is 5.61. The van der Waals surface area contributed by atoms with Crippen molar-refractivity contribution in [1.29, 1.82) is 0 Å². The predicted molar refractivity (Wildman–Crippen MR) is 105 cm³/mol. The summed E-state index contributed by atoms with van der Waals surface area (Å²) in [5.41, 5.74) is 2.14. The molecule has 3 aromatic rings.